The highest BCUT2D eigenvalue weighted by atomic mass is 19.4. The van der Waals surface area contributed by atoms with Crippen molar-refractivity contribution in [3.63, 3.8) is 0 Å². The van der Waals surface area contributed by atoms with Crippen molar-refractivity contribution in [1.29, 1.82) is 0 Å². The lowest BCUT2D eigenvalue weighted by atomic mass is 9.76. The number of aromatic nitrogens is 1. The summed E-state index contributed by atoms with van der Waals surface area (Å²) in [5, 5.41) is 2.96. The van der Waals surface area contributed by atoms with Crippen LogP contribution in [-0.4, -0.2) is 22.7 Å². The number of carbonyl (C=O) groups is 2. The Morgan fingerprint density at radius 3 is 2.23 bits per heavy atom. The van der Waals surface area contributed by atoms with Crippen molar-refractivity contribution in [3.8, 4) is 0 Å². The third-order valence-corrected chi connectivity index (χ3v) is 6.53. The largest absolute Gasteiger partial charge is 0.417 e. The van der Waals surface area contributed by atoms with Crippen LogP contribution in [0.2, 0.25) is 0 Å². The highest BCUT2D eigenvalue weighted by Gasteiger charge is 2.37. The number of nitrogens with one attached hydrogen (secondary N) is 1. The molecule has 2 saturated carbocycles. The molecule has 1 heterocycles. The second kappa shape index (κ2) is 8.81. The van der Waals surface area contributed by atoms with E-state index in [2.05, 4.69) is 10.3 Å². The van der Waals surface area contributed by atoms with Crippen LogP contribution in [0.5, 0.6) is 0 Å². The maximum atomic E-state index is 13.3. The van der Waals surface area contributed by atoms with E-state index in [4.69, 9.17) is 0 Å². The number of hydrogen-bond acceptors (Lipinski definition) is 3. The van der Waals surface area contributed by atoms with Gasteiger partial charge < -0.3 is 5.32 Å². The first-order chi connectivity index (χ1) is 14.8. The van der Waals surface area contributed by atoms with Gasteiger partial charge in [0.1, 0.15) is 5.69 Å². The minimum Gasteiger partial charge on any atom is -0.348 e. The number of amides is 1. The summed E-state index contributed by atoms with van der Waals surface area (Å²) in [6.45, 7) is 0. The van der Waals surface area contributed by atoms with Crippen LogP contribution >= 0.6 is 0 Å². The smallest absolute Gasteiger partial charge is 0.348 e. The molecule has 0 atom stereocenters. The average molecular weight is 430 g/mol. The van der Waals surface area contributed by atoms with Gasteiger partial charge in [-0.05, 0) is 68.6 Å². The molecule has 1 N–H and O–H groups in total. The van der Waals surface area contributed by atoms with E-state index in [1.54, 1.807) is 12.3 Å². The van der Waals surface area contributed by atoms with Crippen molar-refractivity contribution in [3.05, 3.63) is 65.0 Å². The molecule has 0 radical (unpaired) electrons. The molecule has 1 aromatic heterocycles. The molecule has 0 bridgehead atoms. The topological polar surface area (TPSA) is 59.1 Å². The Kier molecular flexibility index (Phi) is 6.12. The number of carbonyl (C=O) groups excluding carboxylic acids is 2. The van der Waals surface area contributed by atoms with Gasteiger partial charge in [-0.2, -0.15) is 13.2 Å². The van der Waals surface area contributed by atoms with Crippen LogP contribution in [0.25, 0.3) is 0 Å². The Morgan fingerprint density at radius 2 is 1.65 bits per heavy atom. The third-order valence-electron chi connectivity index (χ3n) is 6.53. The first-order valence-corrected chi connectivity index (χ1v) is 10.8. The fourth-order valence-electron chi connectivity index (χ4n) is 4.45. The summed E-state index contributed by atoms with van der Waals surface area (Å²) in [5.74, 6) is -0.792. The lowest BCUT2D eigenvalue weighted by Crippen LogP contribution is -2.39. The standard InChI is InChI=1S/C24H25F3N2O2/c25-24(26,27)20-7-2-1-6-19(20)22(30)16-10-8-15(9-11-16)17-12-13-21(28-14-17)23(31)29-18-4-3-5-18/h1-2,6-7,12-16,18H,3-5,8-11H2,(H,29,31). The molecule has 164 valence electrons. The number of benzene rings is 1. The second-order valence-corrected chi connectivity index (χ2v) is 8.53. The van der Waals surface area contributed by atoms with Crippen LogP contribution < -0.4 is 5.32 Å². The summed E-state index contributed by atoms with van der Waals surface area (Å²) in [6, 6.07) is 8.89. The SMILES string of the molecule is O=C(NC1CCC1)c1ccc(C2CCC(C(=O)c3ccccc3C(F)(F)F)CC2)cn1. The molecular formula is C24H25F3N2O2. The Hall–Kier alpha value is -2.70. The van der Waals surface area contributed by atoms with Crippen LogP contribution in [0.3, 0.4) is 0 Å². The van der Waals surface area contributed by atoms with Crippen LogP contribution in [0.15, 0.2) is 42.6 Å². The molecule has 1 amide bonds. The molecule has 0 unspecified atom stereocenters. The predicted octanol–water partition coefficient (Wildman–Crippen LogP) is 5.54. The monoisotopic (exact) mass is 430 g/mol. The lowest BCUT2D eigenvalue weighted by Gasteiger charge is -2.28. The summed E-state index contributed by atoms with van der Waals surface area (Å²) in [5.41, 5.74) is 0.300. The Labute approximate surface area is 179 Å². The van der Waals surface area contributed by atoms with E-state index in [0.717, 1.165) is 30.9 Å². The number of rotatable bonds is 5. The molecule has 2 aliphatic rings. The van der Waals surface area contributed by atoms with Crippen molar-refractivity contribution in [2.75, 3.05) is 0 Å². The molecule has 0 aliphatic heterocycles. The molecule has 2 fully saturated rings. The fourth-order valence-corrected chi connectivity index (χ4v) is 4.45. The van der Waals surface area contributed by atoms with Gasteiger partial charge in [-0.3, -0.25) is 14.6 Å². The summed E-state index contributed by atoms with van der Waals surface area (Å²) in [4.78, 5) is 29.3. The van der Waals surface area contributed by atoms with Gasteiger partial charge >= 0.3 is 6.18 Å². The lowest BCUT2D eigenvalue weighted by molar-refractivity contribution is -0.138. The molecule has 4 rings (SSSR count). The van der Waals surface area contributed by atoms with Gasteiger partial charge in [0.05, 0.1) is 5.56 Å². The van der Waals surface area contributed by atoms with Gasteiger partial charge in [-0.25, -0.2) is 0 Å². The Balaban J connectivity index is 1.37. The van der Waals surface area contributed by atoms with Gasteiger partial charge in [-0.15, -0.1) is 0 Å². The Morgan fingerprint density at radius 1 is 0.935 bits per heavy atom. The van der Waals surface area contributed by atoms with Gasteiger partial charge in [0.15, 0.2) is 5.78 Å². The Bertz CT molecular complexity index is 944. The maximum absolute atomic E-state index is 13.3. The molecule has 2 aromatic rings. The number of halogens is 3. The molecule has 2 aliphatic carbocycles. The van der Waals surface area contributed by atoms with Crippen molar-refractivity contribution >= 4 is 11.7 Å². The second-order valence-electron chi connectivity index (χ2n) is 8.53. The van der Waals surface area contributed by atoms with Crippen molar-refractivity contribution in [2.24, 2.45) is 5.92 Å². The highest BCUT2D eigenvalue weighted by molar-refractivity contribution is 5.99. The van der Waals surface area contributed by atoms with Crippen LogP contribution in [-0.2, 0) is 6.18 Å². The van der Waals surface area contributed by atoms with E-state index in [1.807, 2.05) is 6.07 Å². The first-order valence-electron chi connectivity index (χ1n) is 10.8. The zero-order valence-electron chi connectivity index (χ0n) is 17.1. The third kappa shape index (κ3) is 4.81. The van der Waals surface area contributed by atoms with E-state index in [1.165, 1.54) is 18.2 Å². The molecule has 0 spiro atoms. The van der Waals surface area contributed by atoms with Crippen LogP contribution in [0.1, 0.15) is 82.8 Å². The van der Waals surface area contributed by atoms with E-state index in [9.17, 15) is 22.8 Å². The minimum atomic E-state index is -4.54. The number of hydrogen-bond donors (Lipinski definition) is 1. The van der Waals surface area contributed by atoms with E-state index >= 15 is 0 Å². The zero-order chi connectivity index (χ0) is 22.0. The van der Waals surface area contributed by atoms with Gasteiger partial charge in [0.2, 0.25) is 0 Å². The summed E-state index contributed by atoms with van der Waals surface area (Å²) < 4.78 is 39.8. The van der Waals surface area contributed by atoms with Crippen molar-refractivity contribution in [1.82, 2.24) is 10.3 Å². The highest BCUT2D eigenvalue weighted by Crippen LogP contribution is 2.39. The summed E-state index contributed by atoms with van der Waals surface area (Å²) in [6.07, 6.45) is 2.84. The molecular weight excluding hydrogens is 405 g/mol. The predicted molar refractivity (Wildman–Crippen MR) is 110 cm³/mol. The van der Waals surface area contributed by atoms with Gasteiger partial charge in [0, 0.05) is 23.7 Å². The molecule has 4 nitrogen and oxygen atoms in total. The maximum Gasteiger partial charge on any atom is 0.417 e. The average Bonchev–Trinajstić information content (AvgIpc) is 2.75. The number of Topliss-reactive ketones (excluding diaryl/α,β-unsaturated/α-hetero) is 1. The molecule has 31 heavy (non-hydrogen) atoms. The van der Waals surface area contributed by atoms with E-state index < -0.39 is 23.4 Å². The number of nitrogens with zero attached hydrogens (tertiary/aromatic N) is 1. The first kappa shape index (κ1) is 21.5. The quantitative estimate of drug-likeness (QED) is 0.634. The van der Waals surface area contributed by atoms with Gasteiger partial charge in [0.25, 0.3) is 5.91 Å². The number of pyridine rings is 1. The molecule has 1 aromatic carbocycles. The van der Waals surface area contributed by atoms with Crippen LogP contribution in [0, 0.1) is 5.92 Å². The summed E-state index contributed by atoms with van der Waals surface area (Å²) in [7, 11) is 0. The number of ketones is 1. The van der Waals surface area contributed by atoms with Crippen molar-refractivity contribution in [2.45, 2.75) is 63.1 Å². The van der Waals surface area contributed by atoms with Crippen LogP contribution in [0.4, 0.5) is 13.2 Å². The zero-order valence-corrected chi connectivity index (χ0v) is 17.1. The normalized spacial score (nSPS) is 21.9. The van der Waals surface area contributed by atoms with Crippen molar-refractivity contribution < 1.29 is 22.8 Å². The molecule has 0 saturated heterocycles. The fraction of sp³-hybridized carbons (Fsp3) is 0.458. The summed E-state index contributed by atoms with van der Waals surface area (Å²) >= 11 is 0. The van der Waals surface area contributed by atoms with E-state index in [-0.39, 0.29) is 23.4 Å². The minimum absolute atomic E-state index is 0.158. The molecule has 7 heteroatoms. The number of alkyl halides is 3. The van der Waals surface area contributed by atoms with E-state index in [0.29, 0.717) is 31.4 Å². The van der Waals surface area contributed by atoms with Gasteiger partial charge in [-0.1, -0.05) is 24.3 Å².